The summed E-state index contributed by atoms with van der Waals surface area (Å²) in [6.45, 7) is 1.23. The molecular weight excluding hydrogens is 374 g/mol. The summed E-state index contributed by atoms with van der Waals surface area (Å²) in [6.07, 6.45) is 0. The lowest BCUT2D eigenvalue weighted by Crippen LogP contribution is -1.94. The van der Waals surface area contributed by atoms with Crippen molar-refractivity contribution in [3.05, 3.63) is 36.1 Å². The van der Waals surface area contributed by atoms with Crippen molar-refractivity contribution >= 4 is 43.6 Å². The quantitative estimate of drug-likeness (QED) is 0.445. The fraction of sp³-hybridized carbons (Fsp3) is 0.0714. The molecule has 0 saturated heterocycles. The second kappa shape index (κ2) is 6.29. The summed E-state index contributed by atoms with van der Waals surface area (Å²) in [6, 6.07) is 7.39. The number of phosphoric acid groups is 1. The van der Waals surface area contributed by atoms with Crippen molar-refractivity contribution < 1.29 is 42.1 Å². The van der Waals surface area contributed by atoms with Crippen LogP contribution in [0.4, 0.5) is 0 Å². The number of Topliss-reactive ketones (excluding diaryl/α,β-unsaturated/α-hetero) is 1. The van der Waals surface area contributed by atoms with Gasteiger partial charge in [0.2, 0.25) is 0 Å². The zero-order valence-electron chi connectivity index (χ0n) is 12.6. The minimum atomic E-state index is -4.93. The van der Waals surface area contributed by atoms with Gasteiger partial charge in [0.05, 0.1) is 5.39 Å². The molecule has 0 fully saturated rings. The van der Waals surface area contributed by atoms with Gasteiger partial charge in [0, 0.05) is 17.7 Å². The van der Waals surface area contributed by atoms with E-state index in [1.807, 2.05) is 0 Å². The monoisotopic (exact) mass is 386 g/mol. The third kappa shape index (κ3) is 3.46. The van der Waals surface area contributed by atoms with Crippen LogP contribution in [0, 0.1) is 0 Å². The lowest BCUT2D eigenvalue weighted by atomic mass is 10.1. The Morgan fingerprint density at radius 2 is 1.76 bits per heavy atom. The number of fused-ring (bicyclic) bond motifs is 2. The highest BCUT2D eigenvalue weighted by atomic mass is 31.2. The van der Waals surface area contributed by atoms with E-state index < -0.39 is 21.9 Å². The molecule has 0 bridgehead atoms. The van der Waals surface area contributed by atoms with Crippen molar-refractivity contribution in [1.29, 1.82) is 0 Å². The maximum atomic E-state index is 11.6. The number of hydrogen-bond acceptors (Lipinski definition) is 6. The minimum Gasteiger partial charge on any atom is -0.449 e. The van der Waals surface area contributed by atoms with Crippen LogP contribution in [0.15, 0.2) is 34.7 Å². The van der Waals surface area contributed by atoms with Crippen LogP contribution in [0.25, 0.3) is 21.7 Å². The lowest BCUT2D eigenvalue weighted by molar-refractivity contribution is 0.0989. The molecule has 3 rings (SSSR count). The first-order valence-corrected chi connectivity index (χ1v) is 9.62. The molecule has 1 aromatic heterocycles. The first-order valence-electron chi connectivity index (χ1n) is 6.82. The topological polar surface area (TPSA) is 144 Å². The summed E-state index contributed by atoms with van der Waals surface area (Å²) in [4.78, 5) is 39.2. The summed E-state index contributed by atoms with van der Waals surface area (Å²) >= 11 is 0. The van der Waals surface area contributed by atoms with Crippen molar-refractivity contribution in [2.24, 2.45) is 0 Å². The molecule has 0 amide bonds. The molecular formula is C14H12O9P2. The van der Waals surface area contributed by atoms with Crippen molar-refractivity contribution in [2.75, 3.05) is 0 Å². The molecule has 0 aliphatic rings. The van der Waals surface area contributed by atoms with Gasteiger partial charge < -0.3 is 18.4 Å². The smallest absolute Gasteiger partial charge is 0.449 e. The van der Waals surface area contributed by atoms with E-state index in [4.69, 9.17) is 18.4 Å². The molecule has 3 aromatic rings. The highest BCUT2D eigenvalue weighted by Crippen LogP contribution is 2.50. The number of phosphoric ester groups is 1. The Balaban J connectivity index is 2.48. The van der Waals surface area contributed by atoms with Gasteiger partial charge in [0.1, 0.15) is 0 Å². The van der Waals surface area contributed by atoms with E-state index in [0.29, 0.717) is 0 Å². The highest BCUT2D eigenvalue weighted by molar-refractivity contribution is 7.46. The van der Waals surface area contributed by atoms with Gasteiger partial charge in [-0.3, -0.25) is 14.6 Å². The number of carbonyl (C=O) groups excluding carboxylic acids is 1. The maximum Gasteiger partial charge on any atom is 0.524 e. The van der Waals surface area contributed by atoms with Crippen LogP contribution in [0.3, 0.4) is 0 Å². The van der Waals surface area contributed by atoms with Gasteiger partial charge in [-0.25, -0.2) is 9.13 Å². The maximum absolute atomic E-state index is 11.6. The average molecular weight is 386 g/mol. The molecule has 9 nitrogen and oxygen atoms in total. The second-order valence-corrected chi connectivity index (χ2v) is 6.96. The van der Waals surface area contributed by atoms with Gasteiger partial charge in [-0.15, -0.1) is 0 Å². The summed E-state index contributed by atoms with van der Waals surface area (Å²) in [5.74, 6) is -0.920. The number of carbonyl (C=O) groups is 1. The fourth-order valence-corrected chi connectivity index (χ4v) is 3.27. The van der Waals surface area contributed by atoms with Crippen LogP contribution >= 0.6 is 16.1 Å². The molecule has 1 heterocycles. The molecule has 1 atom stereocenters. The predicted octanol–water partition coefficient (Wildman–Crippen LogP) is 3.02. The summed E-state index contributed by atoms with van der Waals surface area (Å²) in [7, 11) is -8.34. The van der Waals surface area contributed by atoms with Crippen LogP contribution in [-0.4, -0.2) is 20.5 Å². The molecule has 0 spiro atoms. The van der Waals surface area contributed by atoms with E-state index >= 15 is 0 Å². The van der Waals surface area contributed by atoms with E-state index in [0.717, 1.165) is 0 Å². The SMILES string of the molecule is CC(=O)c1cc2c(OP(=O)(O)O)c3ccccc3c(O[PH](=O)O)c2o1. The van der Waals surface area contributed by atoms with Gasteiger partial charge >= 0.3 is 16.1 Å². The Bertz CT molecular complexity index is 1060. The van der Waals surface area contributed by atoms with Crippen LogP contribution in [0.1, 0.15) is 17.5 Å². The van der Waals surface area contributed by atoms with Crippen molar-refractivity contribution in [3.63, 3.8) is 0 Å². The third-order valence-electron chi connectivity index (χ3n) is 3.35. The van der Waals surface area contributed by atoms with Gasteiger partial charge in [-0.1, -0.05) is 24.3 Å². The van der Waals surface area contributed by atoms with Gasteiger partial charge in [-0.05, 0) is 6.07 Å². The number of hydrogen-bond donors (Lipinski definition) is 3. The first kappa shape index (κ1) is 17.7. The summed E-state index contributed by atoms with van der Waals surface area (Å²) in [5.41, 5.74) is -0.125. The zero-order chi connectivity index (χ0) is 18.4. The Morgan fingerprint density at radius 1 is 1.16 bits per heavy atom. The average Bonchev–Trinajstić information content (AvgIpc) is 2.94. The number of ketones is 1. The molecule has 25 heavy (non-hydrogen) atoms. The zero-order valence-corrected chi connectivity index (χ0v) is 14.5. The first-order chi connectivity index (χ1) is 11.7. The standard InChI is InChI=1S/C14H12O9P2/c1-7(15)11-6-10-12(23-25(18,19)20)8-4-2-3-5-9(8)14(13(10)21-11)22-24(16)17/h2-6,24H,1H3,(H,16,17)(H2,18,19,20). The van der Waals surface area contributed by atoms with Crippen molar-refractivity contribution in [3.8, 4) is 11.5 Å². The Labute approximate surface area is 141 Å². The van der Waals surface area contributed by atoms with E-state index in [2.05, 4.69) is 0 Å². The predicted molar refractivity (Wildman–Crippen MR) is 88.2 cm³/mol. The number of furan rings is 1. The Kier molecular flexibility index (Phi) is 4.45. The van der Waals surface area contributed by atoms with Gasteiger partial charge in [-0.2, -0.15) is 0 Å². The molecule has 0 aliphatic carbocycles. The van der Waals surface area contributed by atoms with Crippen LogP contribution in [0.5, 0.6) is 11.5 Å². The van der Waals surface area contributed by atoms with E-state index in [1.54, 1.807) is 12.1 Å². The largest absolute Gasteiger partial charge is 0.524 e. The third-order valence-corrected chi connectivity index (χ3v) is 4.14. The van der Waals surface area contributed by atoms with Gasteiger partial charge in [0.25, 0.3) is 0 Å². The van der Waals surface area contributed by atoms with E-state index in [9.17, 15) is 23.7 Å². The molecule has 0 radical (unpaired) electrons. The van der Waals surface area contributed by atoms with Crippen molar-refractivity contribution in [2.45, 2.75) is 6.92 Å². The molecule has 1 unspecified atom stereocenters. The normalized spacial score (nSPS) is 13.1. The molecule has 2 aromatic carbocycles. The van der Waals surface area contributed by atoms with Crippen molar-refractivity contribution in [1.82, 2.24) is 0 Å². The van der Waals surface area contributed by atoms with Crippen LogP contribution < -0.4 is 9.05 Å². The molecule has 132 valence electrons. The minimum absolute atomic E-state index is 0.0328. The van der Waals surface area contributed by atoms with Gasteiger partial charge in [0.15, 0.2) is 28.6 Å². The molecule has 0 aliphatic heterocycles. The highest BCUT2D eigenvalue weighted by Gasteiger charge is 2.26. The number of benzene rings is 2. The lowest BCUT2D eigenvalue weighted by Gasteiger charge is -2.14. The second-order valence-electron chi connectivity index (χ2n) is 5.06. The molecule has 11 heteroatoms. The summed E-state index contributed by atoms with van der Waals surface area (Å²) in [5, 5.41) is 0.480. The molecule has 0 saturated carbocycles. The molecule has 3 N–H and O–H groups in total. The summed E-state index contributed by atoms with van der Waals surface area (Å²) < 4.78 is 37.7. The van der Waals surface area contributed by atoms with Crippen LogP contribution in [-0.2, 0) is 9.13 Å². The fourth-order valence-electron chi connectivity index (χ4n) is 2.45. The number of rotatable bonds is 5. The Morgan fingerprint density at radius 3 is 2.28 bits per heavy atom. The van der Waals surface area contributed by atoms with E-state index in [-0.39, 0.29) is 39.0 Å². The Hall–Kier alpha value is -2.15. The van der Waals surface area contributed by atoms with Crippen LogP contribution in [0.2, 0.25) is 0 Å². The van der Waals surface area contributed by atoms with E-state index in [1.165, 1.54) is 25.1 Å².